The van der Waals surface area contributed by atoms with Crippen LogP contribution in [0, 0.1) is 13.8 Å². The number of benzene rings is 2. The number of hydrogen-bond donors (Lipinski definition) is 0. The van der Waals surface area contributed by atoms with Gasteiger partial charge in [-0.05, 0) is 49.6 Å². The van der Waals surface area contributed by atoms with Crippen molar-refractivity contribution < 1.29 is 13.2 Å². The Morgan fingerprint density at radius 1 is 1.12 bits per heavy atom. The van der Waals surface area contributed by atoms with E-state index < -0.39 is 9.84 Å². The van der Waals surface area contributed by atoms with Crippen molar-refractivity contribution >= 4 is 33.0 Å². The van der Waals surface area contributed by atoms with Gasteiger partial charge in [-0.1, -0.05) is 35.9 Å². The topological polar surface area (TPSA) is 54.5 Å². The Labute approximate surface area is 153 Å². The van der Waals surface area contributed by atoms with E-state index in [-0.39, 0.29) is 23.5 Å². The minimum atomic E-state index is -3.12. The molecule has 1 amide bonds. The van der Waals surface area contributed by atoms with Crippen LogP contribution in [0.5, 0.6) is 0 Å². The molecule has 25 heavy (non-hydrogen) atoms. The van der Waals surface area contributed by atoms with E-state index in [1.807, 2.05) is 38.1 Å². The second-order valence-corrected chi connectivity index (χ2v) is 9.07. The normalized spacial score (nSPS) is 18.9. The van der Waals surface area contributed by atoms with Crippen molar-refractivity contribution in [2.45, 2.75) is 26.3 Å². The molecule has 4 nitrogen and oxygen atoms in total. The van der Waals surface area contributed by atoms with Crippen molar-refractivity contribution in [1.82, 2.24) is 0 Å². The number of sulfone groups is 1. The van der Waals surface area contributed by atoms with Crippen LogP contribution in [0.2, 0.25) is 5.02 Å². The van der Waals surface area contributed by atoms with Crippen LogP contribution < -0.4 is 4.90 Å². The van der Waals surface area contributed by atoms with E-state index in [9.17, 15) is 13.2 Å². The van der Waals surface area contributed by atoms with Gasteiger partial charge >= 0.3 is 0 Å². The molecule has 1 heterocycles. The lowest BCUT2D eigenvalue weighted by molar-refractivity contribution is 0.0978. The van der Waals surface area contributed by atoms with Crippen LogP contribution in [0.4, 0.5) is 5.69 Å². The van der Waals surface area contributed by atoms with Crippen molar-refractivity contribution in [2.75, 3.05) is 16.4 Å². The van der Waals surface area contributed by atoms with Gasteiger partial charge in [-0.2, -0.15) is 0 Å². The highest BCUT2D eigenvalue weighted by atomic mass is 35.5. The fourth-order valence-corrected chi connectivity index (χ4v) is 5.12. The molecule has 0 aromatic heterocycles. The van der Waals surface area contributed by atoms with Gasteiger partial charge in [0.1, 0.15) is 0 Å². The first-order chi connectivity index (χ1) is 11.8. The lowest BCUT2D eigenvalue weighted by atomic mass is 10.0. The van der Waals surface area contributed by atoms with Gasteiger partial charge in [0.2, 0.25) is 0 Å². The summed E-state index contributed by atoms with van der Waals surface area (Å²) in [6.45, 7) is 3.72. The fraction of sp³-hybridized carbons (Fsp3) is 0.316. The maximum atomic E-state index is 13.3. The molecular weight excluding hydrogens is 358 g/mol. The third-order valence-corrected chi connectivity index (χ3v) is 6.83. The predicted octanol–water partition coefficient (Wildman–Crippen LogP) is 3.79. The zero-order chi connectivity index (χ0) is 18.2. The van der Waals surface area contributed by atoms with Crippen molar-refractivity contribution in [1.29, 1.82) is 0 Å². The zero-order valence-corrected chi connectivity index (χ0v) is 15.8. The number of aryl methyl sites for hydroxylation is 1. The molecule has 1 aliphatic rings. The maximum Gasteiger partial charge on any atom is 0.258 e. The van der Waals surface area contributed by atoms with Crippen LogP contribution in [0.3, 0.4) is 0 Å². The molecule has 3 rings (SSSR count). The Morgan fingerprint density at radius 2 is 1.84 bits per heavy atom. The summed E-state index contributed by atoms with van der Waals surface area (Å²) in [5.74, 6) is -0.101. The van der Waals surface area contributed by atoms with E-state index in [2.05, 4.69) is 0 Å². The summed E-state index contributed by atoms with van der Waals surface area (Å²) < 4.78 is 24.0. The highest BCUT2D eigenvalue weighted by Crippen LogP contribution is 2.32. The van der Waals surface area contributed by atoms with E-state index in [1.165, 1.54) is 0 Å². The Hall–Kier alpha value is -1.85. The van der Waals surface area contributed by atoms with E-state index >= 15 is 0 Å². The Morgan fingerprint density at radius 3 is 2.48 bits per heavy atom. The van der Waals surface area contributed by atoms with Crippen LogP contribution in [0.25, 0.3) is 0 Å². The summed E-state index contributed by atoms with van der Waals surface area (Å²) in [6.07, 6.45) is 0.436. The third-order valence-electron chi connectivity index (χ3n) is 4.67. The van der Waals surface area contributed by atoms with Crippen molar-refractivity contribution in [3.05, 3.63) is 64.2 Å². The molecule has 0 N–H and O–H groups in total. The summed E-state index contributed by atoms with van der Waals surface area (Å²) in [5.41, 5.74) is 2.88. The second-order valence-electron chi connectivity index (χ2n) is 6.43. The lowest BCUT2D eigenvalue weighted by Gasteiger charge is -2.30. The number of carbonyl (C=O) groups excluding carboxylic acids is 1. The molecular formula is C19H20ClNO3S. The third kappa shape index (κ3) is 3.58. The summed E-state index contributed by atoms with van der Waals surface area (Å²) in [7, 11) is -3.12. The van der Waals surface area contributed by atoms with Gasteiger partial charge in [0.25, 0.3) is 5.91 Å². The van der Waals surface area contributed by atoms with Crippen molar-refractivity contribution in [3.63, 3.8) is 0 Å². The molecule has 0 spiro atoms. The molecule has 132 valence electrons. The molecule has 0 radical (unpaired) electrons. The first kappa shape index (κ1) is 18.0. The van der Waals surface area contributed by atoms with Crippen LogP contribution in [0.1, 0.15) is 27.9 Å². The first-order valence-electron chi connectivity index (χ1n) is 8.15. The smallest absolute Gasteiger partial charge is 0.258 e. The van der Waals surface area contributed by atoms with Crippen LogP contribution in [-0.2, 0) is 9.84 Å². The lowest BCUT2D eigenvalue weighted by Crippen LogP contribution is -2.42. The average Bonchev–Trinajstić information content (AvgIpc) is 2.91. The van der Waals surface area contributed by atoms with E-state index in [1.54, 1.807) is 23.1 Å². The number of halogens is 1. The summed E-state index contributed by atoms with van der Waals surface area (Å²) >= 11 is 6.25. The molecule has 2 aromatic carbocycles. The van der Waals surface area contributed by atoms with Gasteiger partial charge in [0, 0.05) is 16.3 Å². The average molecular weight is 378 g/mol. The summed E-state index contributed by atoms with van der Waals surface area (Å²) in [4.78, 5) is 14.9. The van der Waals surface area contributed by atoms with Gasteiger partial charge in [0.05, 0.1) is 17.5 Å². The van der Waals surface area contributed by atoms with Crippen LogP contribution in [0.15, 0.2) is 42.5 Å². The van der Waals surface area contributed by atoms with Crippen LogP contribution in [-0.4, -0.2) is 31.9 Å². The molecule has 1 aliphatic heterocycles. The quantitative estimate of drug-likeness (QED) is 0.817. The van der Waals surface area contributed by atoms with Gasteiger partial charge < -0.3 is 4.90 Å². The Balaban J connectivity index is 2.11. The second kappa shape index (κ2) is 6.81. The largest absolute Gasteiger partial charge is 0.304 e. The molecule has 1 unspecified atom stereocenters. The first-order valence-corrected chi connectivity index (χ1v) is 10.3. The number of rotatable bonds is 3. The summed E-state index contributed by atoms with van der Waals surface area (Å²) in [6, 6.07) is 12.3. The Bertz CT molecular complexity index is 924. The molecule has 6 heteroatoms. The fourth-order valence-electron chi connectivity index (χ4n) is 3.25. The SMILES string of the molecule is Cc1ccccc1C(=O)N(c1cccc(Cl)c1C)C1CCS(=O)(=O)C1. The Kier molecular flexibility index (Phi) is 4.89. The minimum Gasteiger partial charge on any atom is -0.304 e. The van der Waals surface area contributed by atoms with E-state index in [0.29, 0.717) is 22.7 Å². The van der Waals surface area contributed by atoms with Gasteiger partial charge in [0.15, 0.2) is 9.84 Å². The molecule has 1 atom stereocenters. The van der Waals surface area contributed by atoms with Crippen molar-refractivity contribution in [2.24, 2.45) is 0 Å². The van der Waals surface area contributed by atoms with E-state index in [0.717, 1.165) is 11.1 Å². The molecule has 0 bridgehead atoms. The summed E-state index contributed by atoms with van der Waals surface area (Å²) in [5, 5.41) is 0.556. The highest BCUT2D eigenvalue weighted by Gasteiger charge is 2.36. The molecule has 1 saturated heterocycles. The van der Waals surface area contributed by atoms with E-state index in [4.69, 9.17) is 11.6 Å². The maximum absolute atomic E-state index is 13.3. The van der Waals surface area contributed by atoms with Crippen molar-refractivity contribution in [3.8, 4) is 0 Å². The van der Waals surface area contributed by atoms with Crippen LogP contribution >= 0.6 is 11.6 Å². The monoisotopic (exact) mass is 377 g/mol. The number of carbonyl (C=O) groups is 1. The molecule has 0 aliphatic carbocycles. The minimum absolute atomic E-state index is 0.0173. The predicted molar refractivity (Wildman–Crippen MR) is 101 cm³/mol. The number of amides is 1. The van der Waals surface area contributed by atoms with Gasteiger partial charge in [-0.3, -0.25) is 4.79 Å². The standard InChI is InChI=1S/C19H20ClNO3S/c1-13-6-3-4-7-16(13)19(22)21(15-10-11-25(23,24)12-15)18-9-5-8-17(20)14(18)2/h3-9,15H,10-12H2,1-2H3. The highest BCUT2D eigenvalue weighted by molar-refractivity contribution is 7.91. The zero-order valence-electron chi connectivity index (χ0n) is 14.2. The molecule has 2 aromatic rings. The number of nitrogens with zero attached hydrogens (tertiary/aromatic N) is 1. The number of hydrogen-bond acceptors (Lipinski definition) is 3. The number of anilines is 1. The van der Waals surface area contributed by atoms with Gasteiger partial charge in [-0.15, -0.1) is 0 Å². The van der Waals surface area contributed by atoms with Gasteiger partial charge in [-0.25, -0.2) is 8.42 Å². The molecule has 1 fully saturated rings. The molecule has 0 saturated carbocycles.